The van der Waals surface area contributed by atoms with Crippen LogP contribution in [0.4, 0.5) is 0 Å². The number of alkyl halides is 1. The van der Waals surface area contributed by atoms with Crippen molar-refractivity contribution in [1.29, 1.82) is 0 Å². The molecule has 0 N–H and O–H groups in total. The molecule has 1 unspecified atom stereocenters. The van der Waals surface area contributed by atoms with Crippen LogP contribution in [0.1, 0.15) is 56.9 Å². The molecule has 0 bridgehead atoms. The van der Waals surface area contributed by atoms with E-state index in [2.05, 4.69) is 32.4 Å². The van der Waals surface area contributed by atoms with Gasteiger partial charge in [0.1, 0.15) is 0 Å². The van der Waals surface area contributed by atoms with E-state index < -0.39 is 0 Å². The second kappa shape index (κ2) is 5.72. The maximum Gasteiger partial charge on any atom is 0.0671 e. The van der Waals surface area contributed by atoms with E-state index in [1.165, 1.54) is 17.0 Å². The van der Waals surface area contributed by atoms with E-state index in [9.17, 15) is 0 Å². The van der Waals surface area contributed by atoms with Gasteiger partial charge in [-0.3, -0.25) is 4.68 Å². The van der Waals surface area contributed by atoms with Gasteiger partial charge in [0.25, 0.3) is 0 Å². The molecule has 16 heavy (non-hydrogen) atoms. The second-order valence-corrected chi connectivity index (χ2v) is 5.36. The summed E-state index contributed by atoms with van der Waals surface area (Å²) >= 11 is 6.27. The SMILES string of the molecule is CCc1nn(CC(C)C)c(CC)c1C(C)Cl. The number of aromatic nitrogens is 2. The molecule has 0 amide bonds. The lowest BCUT2D eigenvalue weighted by Gasteiger charge is -2.10. The first kappa shape index (κ1) is 13.6. The van der Waals surface area contributed by atoms with Crippen LogP contribution >= 0.6 is 11.6 Å². The molecule has 0 saturated carbocycles. The Hall–Kier alpha value is -0.500. The Morgan fingerprint density at radius 2 is 1.81 bits per heavy atom. The van der Waals surface area contributed by atoms with Crippen molar-refractivity contribution >= 4 is 11.6 Å². The third-order valence-electron chi connectivity index (χ3n) is 2.78. The lowest BCUT2D eigenvalue weighted by molar-refractivity contribution is 0.467. The summed E-state index contributed by atoms with van der Waals surface area (Å²) in [6, 6.07) is 0. The van der Waals surface area contributed by atoms with Crippen molar-refractivity contribution in [2.45, 2.75) is 59.4 Å². The van der Waals surface area contributed by atoms with Crippen molar-refractivity contribution in [1.82, 2.24) is 9.78 Å². The van der Waals surface area contributed by atoms with Gasteiger partial charge >= 0.3 is 0 Å². The normalized spacial score (nSPS) is 13.4. The Balaban J connectivity index is 3.19. The summed E-state index contributed by atoms with van der Waals surface area (Å²) in [4.78, 5) is 0. The molecule has 1 aromatic heterocycles. The monoisotopic (exact) mass is 242 g/mol. The lowest BCUT2D eigenvalue weighted by atomic mass is 10.1. The highest BCUT2D eigenvalue weighted by Gasteiger charge is 2.19. The van der Waals surface area contributed by atoms with Crippen LogP contribution in [0.2, 0.25) is 0 Å². The molecule has 0 aliphatic heterocycles. The van der Waals surface area contributed by atoms with Crippen LogP contribution in [-0.2, 0) is 19.4 Å². The minimum absolute atomic E-state index is 0.0609. The molecular weight excluding hydrogens is 220 g/mol. The fourth-order valence-corrected chi connectivity index (χ4v) is 2.41. The molecule has 1 aromatic rings. The maximum atomic E-state index is 6.27. The number of halogens is 1. The van der Waals surface area contributed by atoms with Crippen LogP contribution in [0.15, 0.2) is 0 Å². The highest BCUT2D eigenvalue weighted by molar-refractivity contribution is 6.20. The van der Waals surface area contributed by atoms with Gasteiger partial charge in [-0.25, -0.2) is 0 Å². The first-order valence-corrected chi connectivity index (χ1v) is 6.67. The van der Waals surface area contributed by atoms with Gasteiger partial charge in [-0.15, -0.1) is 11.6 Å². The zero-order chi connectivity index (χ0) is 12.3. The largest absolute Gasteiger partial charge is 0.269 e. The zero-order valence-corrected chi connectivity index (χ0v) is 11.8. The van der Waals surface area contributed by atoms with Gasteiger partial charge in [0, 0.05) is 17.8 Å². The van der Waals surface area contributed by atoms with Gasteiger partial charge in [-0.1, -0.05) is 27.7 Å². The Kier molecular flexibility index (Phi) is 4.85. The molecule has 1 rings (SSSR count). The van der Waals surface area contributed by atoms with Crippen molar-refractivity contribution in [2.75, 3.05) is 0 Å². The number of hydrogen-bond donors (Lipinski definition) is 0. The van der Waals surface area contributed by atoms with Gasteiger partial charge in [0.15, 0.2) is 0 Å². The summed E-state index contributed by atoms with van der Waals surface area (Å²) in [5.74, 6) is 0.619. The van der Waals surface area contributed by atoms with E-state index in [0.29, 0.717) is 5.92 Å². The second-order valence-electron chi connectivity index (χ2n) is 4.71. The highest BCUT2D eigenvalue weighted by atomic mass is 35.5. The summed E-state index contributed by atoms with van der Waals surface area (Å²) < 4.78 is 2.15. The van der Waals surface area contributed by atoms with Gasteiger partial charge in [0.2, 0.25) is 0 Å². The molecule has 0 spiro atoms. The molecule has 0 aromatic carbocycles. The molecule has 1 atom stereocenters. The van der Waals surface area contributed by atoms with Crippen molar-refractivity contribution in [3.05, 3.63) is 17.0 Å². The Labute approximate surface area is 104 Å². The number of aryl methyl sites for hydroxylation is 1. The van der Waals surface area contributed by atoms with Crippen molar-refractivity contribution in [2.24, 2.45) is 5.92 Å². The topological polar surface area (TPSA) is 17.8 Å². The van der Waals surface area contributed by atoms with E-state index >= 15 is 0 Å². The van der Waals surface area contributed by atoms with Crippen LogP contribution in [0.25, 0.3) is 0 Å². The summed E-state index contributed by atoms with van der Waals surface area (Å²) in [6.07, 6.45) is 1.97. The number of rotatable bonds is 5. The van der Waals surface area contributed by atoms with Crippen LogP contribution in [0, 0.1) is 5.92 Å². The molecular formula is C13H23ClN2. The van der Waals surface area contributed by atoms with Crippen LogP contribution in [0.3, 0.4) is 0 Å². The zero-order valence-electron chi connectivity index (χ0n) is 11.0. The molecule has 0 aliphatic carbocycles. The summed E-state index contributed by atoms with van der Waals surface area (Å²) in [7, 11) is 0. The number of hydrogen-bond acceptors (Lipinski definition) is 1. The Morgan fingerprint density at radius 1 is 1.19 bits per heavy atom. The first-order chi connectivity index (χ1) is 7.51. The lowest BCUT2D eigenvalue weighted by Crippen LogP contribution is -2.10. The summed E-state index contributed by atoms with van der Waals surface area (Å²) in [6.45, 7) is 11.8. The molecule has 0 aliphatic rings. The standard InChI is InChI=1S/C13H23ClN2/c1-6-11-13(10(5)14)12(7-2)16(15-11)8-9(3)4/h9-10H,6-8H2,1-5H3. The maximum absolute atomic E-state index is 6.27. The quantitative estimate of drug-likeness (QED) is 0.715. The van der Waals surface area contributed by atoms with Crippen LogP contribution in [0.5, 0.6) is 0 Å². The predicted molar refractivity (Wildman–Crippen MR) is 70.1 cm³/mol. The highest BCUT2D eigenvalue weighted by Crippen LogP contribution is 2.28. The number of nitrogens with zero attached hydrogens (tertiary/aromatic N) is 2. The molecule has 0 radical (unpaired) electrons. The van der Waals surface area contributed by atoms with Gasteiger partial charge in [0.05, 0.1) is 11.1 Å². The average molecular weight is 243 g/mol. The average Bonchev–Trinajstić information content (AvgIpc) is 2.54. The minimum Gasteiger partial charge on any atom is -0.269 e. The molecule has 0 saturated heterocycles. The van der Waals surface area contributed by atoms with Crippen molar-refractivity contribution in [3.8, 4) is 0 Å². The van der Waals surface area contributed by atoms with E-state index in [-0.39, 0.29) is 5.38 Å². The van der Waals surface area contributed by atoms with Gasteiger partial charge in [-0.05, 0) is 25.7 Å². The van der Waals surface area contributed by atoms with E-state index in [1.807, 2.05) is 6.92 Å². The summed E-state index contributed by atoms with van der Waals surface area (Å²) in [5, 5.41) is 4.75. The third kappa shape index (κ3) is 2.79. The minimum atomic E-state index is 0.0609. The molecule has 3 heteroatoms. The smallest absolute Gasteiger partial charge is 0.0671 e. The predicted octanol–water partition coefficient (Wildman–Crippen LogP) is 3.96. The molecule has 92 valence electrons. The van der Waals surface area contributed by atoms with E-state index in [1.54, 1.807) is 0 Å². The molecule has 1 heterocycles. The van der Waals surface area contributed by atoms with Gasteiger partial charge in [-0.2, -0.15) is 5.10 Å². The fourth-order valence-electron chi connectivity index (χ4n) is 2.16. The third-order valence-corrected chi connectivity index (χ3v) is 3.00. The van der Waals surface area contributed by atoms with E-state index in [4.69, 9.17) is 16.7 Å². The molecule has 2 nitrogen and oxygen atoms in total. The van der Waals surface area contributed by atoms with E-state index in [0.717, 1.165) is 19.4 Å². The van der Waals surface area contributed by atoms with Crippen molar-refractivity contribution < 1.29 is 0 Å². The van der Waals surface area contributed by atoms with Gasteiger partial charge < -0.3 is 0 Å². The Bertz CT molecular complexity index is 340. The first-order valence-electron chi connectivity index (χ1n) is 6.23. The molecule has 0 fully saturated rings. The summed E-state index contributed by atoms with van der Waals surface area (Å²) in [5.41, 5.74) is 3.74. The van der Waals surface area contributed by atoms with Crippen LogP contribution < -0.4 is 0 Å². The Morgan fingerprint density at radius 3 is 2.19 bits per heavy atom. The fraction of sp³-hybridized carbons (Fsp3) is 0.769. The van der Waals surface area contributed by atoms with Crippen LogP contribution in [-0.4, -0.2) is 9.78 Å². The van der Waals surface area contributed by atoms with Crippen molar-refractivity contribution in [3.63, 3.8) is 0 Å².